The summed E-state index contributed by atoms with van der Waals surface area (Å²) in [6.45, 7) is 9.34. The van der Waals surface area contributed by atoms with E-state index in [4.69, 9.17) is 0 Å². The molecular weight excluding hydrogens is 148 g/mol. The molecule has 0 bridgehead atoms. The summed E-state index contributed by atoms with van der Waals surface area (Å²) >= 11 is 0. The zero-order valence-corrected chi connectivity index (χ0v) is 7.17. The molecule has 0 fully saturated rings. The normalized spacial score (nSPS) is 9.08. The van der Waals surface area contributed by atoms with Crippen molar-refractivity contribution < 1.29 is 0 Å². The zero-order valence-electron chi connectivity index (χ0n) is 7.17. The van der Waals surface area contributed by atoms with Crippen LogP contribution in [0.1, 0.15) is 5.56 Å². The van der Waals surface area contributed by atoms with E-state index < -0.39 is 0 Å². The fourth-order valence-electron chi connectivity index (χ4n) is 0.820. The molecule has 1 aromatic rings. The number of aromatic nitrogens is 1. The highest BCUT2D eigenvalue weighted by Gasteiger charge is 1.92. The molecule has 1 N–H and O–H groups in total. The van der Waals surface area contributed by atoms with Gasteiger partial charge in [0, 0.05) is 11.9 Å². The van der Waals surface area contributed by atoms with Crippen LogP contribution >= 0.6 is 0 Å². The molecule has 1 aromatic heterocycles. The van der Waals surface area contributed by atoms with Gasteiger partial charge in [-0.3, -0.25) is 0 Å². The number of nitrogens with zero attached hydrogens (tertiary/aromatic N) is 1. The largest absolute Gasteiger partial charge is 0.341 e. The molecule has 1 heterocycles. The highest BCUT2D eigenvalue weighted by Crippen LogP contribution is 2.07. The topological polar surface area (TPSA) is 24.9 Å². The molecule has 0 unspecified atom stereocenters. The second kappa shape index (κ2) is 3.72. The Kier molecular flexibility index (Phi) is 2.64. The van der Waals surface area contributed by atoms with Gasteiger partial charge in [-0.25, -0.2) is 4.98 Å². The predicted molar refractivity (Wildman–Crippen MR) is 51.9 cm³/mol. The molecule has 0 radical (unpaired) electrons. The van der Waals surface area contributed by atoms with E-state index in [2.05, 4.69) is 23.5 Å². The Bertz CT molecular complexity index is 302. The van der Waals surface area contributed by atoms with Crippen LogP contribution in [-0.2, 0) is 0 Å². The van der Waals surface area contributed by atoms with Crippen molar-refractivity contribution >= 4 is 5.82 Å². The molecular formula is C10H12N2. The van der Waals surface area contributed by atoms with Crippen molar-refractivity contribution in [3.8, 4) is 0 Å². The lowest BCUT2D eigenvalue weighted by Crippen LogP contribution is -1.96. The molecule has 0 aromatic carbocycles. The first kappa shape index (κ1) is 8.53. The summed E-state index contributed by atoms with van der Waals surface area (Å²) in [6.07, 6.45) is 3.41. The van der Waals surface area contributed by atoms with Crippen molar-refractivity contribution in [1.82, 2.24) is 4.98 Å². The number of anilines is 1. The van der Waals surface area contributed by atoms with Crippen molar-refractivity contribution in [1.29, 1.82) is 0 Å². The Hall–Kier alpha value is -1.57. The van der Waals surface area contributed by atoms with E-state index in [0.29, 0.717) is 0 Å². The summed E-state index contributed by atoms with van der Waals surface area (Å²) in [7, 11) is 0. The van der Waals surface area contributed by atoms with Crippen LogP contribution in [0.15, 0.2) is 43.3 Å². The summed E-state index contributed by atoms with van der Waals surface area (Å²) in [6, 6.07) is 3.90. The van der Waals surface area contributed by atoms with E-state index in [1.54, 1.807) is 12.3 Å². The fourth-order valence-corrected chi connectivity index (χ4v) is 0.820. The van der Waals surface area contributed by atoms with Gasteiger partial charge in [-0.05, 0) is 30.7 Å². The van der Waals surface area contributed by atoms with Gasteiger partial charge in [-0.1, -0.05) is 13.2 Å². The van der Waals surface area contributed by atoms with E-state index in [9.17, 15) is 0 Å². The molecule has 0 aliphatic heterocycles. The minimum Gasteiger partial charge on any atom is -0.341 e. The molecule has 0 spiro atoms. The maximum atomic E-state index is 4.11. The minimum atomic E-state index is 0.758. The van der Waals surface area contributed by atoms with Crippen LogP contribution in [0.3, 0.4) is 0 Å². The molecule has 0 saturated heterocycles. The molecule has 0 aliphatic rings. The van der Waals surface area contributed by atoms with Crippen LogP contribution in [0.2, 0.25) is 0 Å². The smallest absolute Gasteiger partial charge is 0.130 e. The molecule has 2 nitrogen and oxygen atoms in total. The van der Waals surface area contributed by atoms with Crippen LogP contribution in [-0.4, -0.2) is 4.98 Å². The molecule has 1 rings (SSSR count). The average molecular weight is 160 g/mol. The Labute approximate surface area is 72.6 Å². The lowest BCUT2D eigenvalue weighted by atomic mass is 10.3. The van der Waals surface area contributed by atoms with Gasteiger partial charge in [0.25, 0.3) is 0 Å². The minimum absolute atomic E-state index is 0.758. The highest BCUT2D eigenvalue weighted by molar-refractivity contribution is 5.44. The van der Waals surface area contributed by atoms with E-state index >= 15 is 0 Å². The Morgan fingerprint density at radius 1 is 1.67 bits per heavy atom. The number of pyridine rings is 1. The van der Waals surface area contributed by atoms with E-state index in [1.165, 1.54) is 5.56 Å². The summed E-state index contributed by atoms with van der Waals surface area (Å²) < 4.78 is 0. The van der Waals surface area contributed by atoms with Crippen LogP contribution in [0.4, 0.5) is 5.82 Å². The van der Waals surface area contributed by atoms with Crippen LogP contribution in [0.5, 0.6) is 0 Å². The number of rotatable bonds is 3. The standard InChI is InChI=1S/C10H12N2/c1-4-9(3)12-10-7-8(2)5-6-11-10/h4-7H,1,3H2,2H3,(H,11,12). The molecule has 2 heteroatoms. The van der Waals surface area contributed by atoms with Crippen molar-refractivity contribution in [3.63, 3.8) is 0 Å². The van der Waals surface area contributed by atoms with E-state index in [0.717, 1.165) is 11.5 Å². The third-order valence-corrected chi connectivity index (χ3v) is 1.45. The number of hydrogen-bond acceptors (Lipinski definition) is 2. The van der Waals surface area contributed by atoms with Crippen molar-refractivity contribution in [2.45, 2.75) is 6.92 Å². The Morgan fingerprint density at radius 3 is 3.00 bits per heavy atom. The first-order valence-electron chi connectivity index (χ1n) is 3.73. The zero-order chi connectivity index (χ0) is 8.97. The third-order valence-electron chi connectivity index (χ3n) is 1.45. The molecule has 0 saturated carbocycles. The van der Waals surface area contributed by atoms with Gasteiger partial charge in [0.1, 0.15) is 5.82 Å². The average Bonchev–Trinajstić information content (AvgIpc) is 2.04. The van der Waals surface area contributed by atoms with Gasteiger partial charge >= 0.3 is 0 Å². The quantitative estimate of drug-likeness (QED) is 0.687. The van der Waals surface area contributed by atoms with E-state index in [-0.39, 0.29) is 0 Å². The van der Waals surface area contributed by atoms with E-state index in [1.807, 2.05) is 19.1 Å². The predicted octanol–water partition coefficient (Wildman–Crippen LogP) is 2.50. The Morgan fingerprint density at radius 2 is 2.42 bits per heavy atom. The lowest BCUT2D eigenvalue weighted by molar-refractivity contribution is 1.26. The first-order chi connectivity index (χ1) is 5.72. The van der Waals surface area contributed by atoms with Gasteiger partial charge < -0.3 is 5.32 Å². The number of aryl methyl sites for hydroxylation is 1. The summed E-state index contributed by atoms with van der Waals surface area (Å²) in [5, 5.41) is 3.01. The number of nitrogens with one attached hydrogen (secondary N) is 1. The summed E-state index contributed by atoms with van der Waals surface area (Å²) in [5.41, 5.74) is 1.93. The second-order valence-corrected chi connectivity index (χ2v) is 2.57. The van der Waals surface area contributed by atoms with Gasteiger partial charge in [0.2, 0.25) is 0 Å². The number of hydrogen-bond donors (Lipinski definition) is 1. The maximum Gasteiger partial charge on any atom is 0.130 e. The third kappa shape index (κ3) is 2.23. The summed E-state index contributed by atoms with van der Waals surface area (Å²) in [4.78, 5) is 4.11. The first-order valence-corrected chi connectivity index (χ1v) is 3.73. The van der Waals surface area contributed by atoms with Crippen molar-refractivity contribution in [3.05, 3.63) is 48.8 Å². The van der Waals surface area contributed by atoms with Gasteiger partial charge in [0.05, 0.1) is 0 Å². The Balaban J connectivity index is 2.76. The van der Waals surface area contributed by atoms with Gasteiger partial charge in [-0.15, -0.1) is 0 Å². The van der Waals surface area contributed by atoms with Crippen LogP contribution in [0, 0.1) is 6.92 Å². The van der Waals surface area contributed by atoms with Crippen LogP contribution in [0.25, 0.3) is 0 Å². The molecule has 62 valence electrons. The monoisotopic (exact) mass is 160 g/mol. The molecule has 0 atom stereocenters. The van der Waals surface area contributed by atoms with Crippen molar-refractivity contribution in [2.24, 2.45) is 0 Å². The molecule has 0 aliphatic carbocycles. The van der Waals surface area contributed by atoms with Gasteiger partial charge in [-0.2, -0.15) is 0 Å². The van der Waals surface area contributed by atoms with Gasteiger partial charge in [0.15, 0.2) is 0 Å². The second-order valence-electron chi connectivity index (χ2n) is 2.57. The number of allylic oxidation sites excluding steroid dienone is 1. The lowest BCUT2D eigenvalue weighted by Gasteiger charge is -2.04. The van der Waals surface area contributed by atoms with Crippen LogP contribution < -0.4 is 5.32 Å². The maximum absolute atomic E-state index is 4.11. The highest BCUT2D eigenvalue weighted by atomic mass is 15.0. The fraction of sp³-hybridized carbons (Fsp3) is 0.100. The summed E-state index contributed by atoms with van der Waals surface area (Å²) in [5.74, 6) is 0.805. The van der Waals surface area contributed by atoms with Crippen molar-refractivity contribution in [2.75, 3.05) is 5.32 Å². The molecule has 0 amide bonds. The molecule has 12 heavy (non-hydrogen) atoms. The SMILES string of the molecule is C=CC(=C)Nc1cc(C)ccn1.